The highest BCUT2D eigenvalue weighted by molar-refractivity contribution is 6.29. The Morgan fingerprint density at radius 3 is 2.71 bits per heavy atom. The van der Waals surface area contributed by atoms with Crippen molar-refractivity contribution in [3.8, 4) is 0 Å². The zero-order chi connectivity index (χ0) is 12.3. The Bertz CT molecular complexity index is 501. The molecule has 88 valence electrons. The average Bonchev–Trinajstić information content (AvgIpc) is 2.32. The van der Waals surface area contributed by atoms with Gasteiger partial charge in [0.15, 0.2) is 5.15 Å². The Morgan fingerprint density at radius 2 is 2.06 bits per heavy atom. The summed E-state index contributed by atoms with van der Waals surface area (Å²) in [5.74, 6) is -0.253. The Balaban J connectivity index is 2.11. The second-order valence-corrected chi connectivity index (χ2v) is 4.07. The van der Waals surface area contributed by atoms with E-state index in [2.05, 4.69) is 10.2 Å². The molecule has 0 radical (unpaired) electrons. The van der Waals surface area contributed by atoms with E-state index in [0.29, 0.717) is 11.7 Å². The number of rotatable bonds is 3. The van der Waals surface area contributed by atoms with Gasteiger partial charge in [0.25, 0.3) is 0 Å². The molecular weight excluding hydrogens is 241 g/mol. The van der Waals surface area contributed by atoms with Crippen molar-refractivity contribution in [1.82, 2.24) is 10.2 Å². The minimum Gasteiger partial charge on any atom is -0.369 e. The molecule has 0 fully saturated rings. The first-order valence-electron chi connectivity index (χ1n) is 5.10. The molecule has 0 saturated heterocycles. The number of hydrogen-bond acceptors (Lipinski definition) is 3. The van der Waals surface area contributed by atoms with E-state index in [-0.39, 0.29) is 5.82 Å². The summed E-state index contributed by atoms with van der Waals surface area (Å²) in [6.07, 6.45) is 0. The van der Waals surface area contributed by atoms with E-state index in [9.17, 15) is 4.39 Å². The van der Waals surface area contributed by atoms with E-state index < -0.39 is 0 Å². The van der Waals surface area contributed by atoms with Gasteiger partial charge in [-0.2, -0.15) is 5.10 Å². The number of nitrogens with zero attached hydrogens (tertiary/aromatic N) is 3. The van der Waals surface area contributed by atoms with Gasteiger partial charge in [0.2, 0.25) is 0 Å². The number of aromatic nitrogens is 2. The van der Waals surface area contributed by atoms with Crippen LogP contribution >= 0.6 is 11.6 Å². The second-order valence-electron chi connectivity index (χ2n) is 3.68. The van der Waals surface area contributed by atoms with E-state index in [1.807, 2.05) is 18.0 Å². The highest BCUT2D eigenvalue weighted by Crippen LogP contribution is 2.15. The molecule has 2 rings (SSSR count). The van der Waals surface area contributed by atoms with Crippen molar-refractivity contribution in [2.45, 2.75) is 6.54 Å². The third-order valence-corrected chi connectivity index (χ3v) is 2.54. The largest absolute Gasteiger partial charge is 0.369 e. The molecule has 0 atom stereocenters. The molecule has 3 nitrogen and oxygen atoms in total. The van der Waals surface area contributed by atoms with Crippen molar-refractivity contribution in [2.75, 3.05) is 11.9 Å². The van der Waals surface area contributed by atoms with Gasteiger partial charge < -0.3 is 4.90 Å². The summed E-state index contributed by atoms with van der Waals surface area (Å²) in [6, 6.07) is 9.89. The summed E-state index contributed by atoms with van der Waals surface area (Å²) < 4.78 is 13.0. The maximum absolute atomic E-state index is 13.0. The lowest BCUT2D eigenvalue weighted by Crippen LogP contribution is -2.17. The molecule has 0 aliphatic rings. The van der Waals surface area contributed by atoms with Crippen molar-refractivity contribution in [2.24, 2.45) is 0 Å². The van der Waals surface area contributed by atoms with Crippen molar-refractivity contribution >= 4 is 17.3 Å². The maximum atomic E-state index is 13.0. The van der Waals surface area contributed by atoms with E-state index in [0.717, 1.165) is 11.4 Å². The van der Waals surface area contributed by atoms with Gasteiger partial charge in [-0.05, 0) is 30.3 Å². The molecule has 0 aliphatic carbocycles. The first kappa shape index (κ1) is 11.8. The summed E-state index contributed by atoms with van der Waals surface area (Å²) in [5.41, 5.74) is 1.57. The molecule has 5 heteroatoms. The van der Waals surface area contributed by atoms with E-state index in [1.54, 1.807) is 18.2 Å². The lowest BCUT2D eigenvalue weighted by molar-refractivity contribution is 0.627. The quantitative estimate of drug-likeness (QED) is 0.840. The molecule has 0 bridgehead atoms. The molecule has 1 aromatic heterocycles. The van der Waals surface area contributed by atoms with Gasteiger partial charge in [-0.25, -0.2) is 4.39 Å². The highest BCUT2D eigenvalue weighted by Gasteiger charge is 2.04. The second kappa shape index (κ2) is 5.10. The van der Waals surface area contributed by atoms with Crippen LogP contribution in [0.4, 0.5) is 10.1 Å². The van der Waals surface area contributed by atoms with Crippen LogP contribution in [0.2, 0.25) is 5.15 Å². The summed E-state index contributed by atoms with van der Waals surface area (Å²) in [6.45, 7) is 0.549. The standard InChI is InChI=1S/C12H11ClFN3/c1-17(11-4-2-3-9(14)7-11)8-10-5-6-12(13)16-15-10/h2-7H,8H2,1H3. The van der Waals surface area contributed by atoms with Crippen LogP contribution < -0.4 is 4.90 Å². The molecule has 0 unspecified atom stereocenters. The van der Waals surface area contributed by atoms with Gasteiger partial charge in [0.1, 0.15) is 5.82 Å². The zero-order valence-electron chi connectivity index (χ0n) is 9.27. The van der Waals surface area contributed by atoms with Crippen LogP contribution in [0.25, 0.3) is 0 Å². The predicted molar refractivity (Wildman–Crippen MR) is 65.5 cm³/mol. The van der Waals surface area contributed by atoms with Gasteiger partial charge in [0, 0.05) is 12.7 Å². The number of halogens is 2. The zero-order valence-corrected chi connectivity index (χ0v) is 10.0. The number of benzene rings is 1. The summed E-state index contributed by atoms with van der Waals surface area (Å²) in [4.78, 5) is 1.89. The van der Waals surface area contributed by atoms with Crippen molar-refractivity contribution in [3.63, 3.8) is 0 Å². The predicted octanol–water partition coefficient (Wildman–Crippen LogP) is 2.91. The van der Waals surface area contributed by atoms with E-state index in [1.165, 1.54) is 12.1 Å². The minimum atomic E-state index is -0.253. The van der Waals surface area contributed by atoms with Crippen molar-refractivity contribution < 1.29 is 4.39 Å². The molecule has 1 heterocycles. The van der Waals surface area contributed by atoms with Crippen LogP contribution in [0.5, 0.6) is 0 Å². The van der Waals surface area contributed by atoms with Gasteiger partial charge in [0.05, 0.1) is 12.2 Å². The van der Waals surface area contributed by atoms with Crippen LogP contribution in [-0.2, 0) is 6.54 Å². The van der Waals surface area contributed by atoms with E-state index >= 15 is 0 Å². The molecular formula is C12H11ClFN3. The maximum Gasteiger partial charge on any atom is 0.151 e. The molecule has 2 aromatic rings. The third kappa shape index (κ3) is 3.14. The van der Waals surface area contributed by atoms with Crippen LogP contribution in [-0.4, -0.2) is 17.2 Å². The lowest BCUT2D eigenvalue weighted by atomic mass is 10.2. The fourth-order valence-electron chi connectivity index (χ4n) is 1.48. The fraction of sp³-hybridized carbons (Fsp3) is 0.167. The third-order valence-electron chi connectivity index (χ3n) is 2.34. The topological polar surface area (TPSA) is 29.0 Å². The number of anilines is 1. The minimum absolute atomic E-state index is 0.253. The number of hydrogen-bond donors (Lipinski definition) is 0. The summed E-state index contributed by atoms with van der Waals surface area (Å²) in [5, 5.41) is 8.07. The van der Waals surface area contributed by atoms with Crippen LogP contribution in [0.1, 0.15) is 5.69 Å². The van der Waals surface area contributed by atoms with Gasteiger partial charge >= 0.3 is 0 Å². The summed E-state index contributed by atoms with van der Waals surface area (Å²) >= 11 is 5.65. The molecule has 17 heavy (non-hydrogen) atoms. The molecule has 0 N–H and O–H groups in total. The Labute approximate surface area is 104 Å². The SMILES string of the molecule is CN(Cc1ccc(Cl)nn1)c1cccc(F)c1. The molecule has 0 aliphatic heterocycles. The van der Waals surface area contributed by atoms with Gasteiger partial charge in [-0.3, -0.25) is 0 Å². The van der Waals surface area contributed by atoms with Crippen molar-refractivity contribution in [3.05, 3.63) is 53.1 Å². The van der Waals surface area contributed by atoms with Crippen molar-refractivity contribution in [1.29, 1.82) is 0 Å². The smallest absolute Gasteiger partial charge is 0.151 e. The molecule has 0 amide bonds. The molecule has 0 saturated carbocycles. The first-order valence-corrected chi connectivity index (χ1v) is 5.48. The molecule has 0 spiro atoms. The average molecular weight is 252 g/mol. The van der Waals surface area contributed by atoms with Gasteiger partial charge in [-0.1, -0.05) is 17.7 Å². The Hall–Kier alpha value is -1.68. The summed E-state index contributed by atoms with van der Waals surface area (Å²) in [7, 11) is 1.87. The fourth-order valence-corrected chi connectivity index (χ4v) is 1.58. The normalized spacial score (nSPS) is 10.3. The molecule has 1 aromatic carbocycles. The van der Waals surface area contributed by atoms with Gasteiger partial charge in [-0.15, -0.1) is 5.10 Å². The van der Waals surface area contributed by atoms with Crippen LogP contribution in [0.3, 0.4) is 0 Å². The highest BCUT2D eigenvalue weighted by atomic mass is 35.5. The lowest BCUT2D eigenvalue weighted by Gasteiger charge is -2.18. The van der Waals surface area contributed by atoms with Crippen LogP contribution in [0.15, 0.2) is 36.4 Å². The first-order chi connectivity index (χ1) is 8.15. The Kier molecular flexibility index (Phi) is 3.54. The monoisotopic (exact) mass is 251 g/mol. The van der Waals surface area contributed by atoms with Crippen LogP contribution in [0, 0.1) is 5.82 Å². The van der Waals surface area contributed by atoms with E-state index in [4.69, 9.17) is 11.6 Å². The Morgan fingerprint density at radius 1 is 1.24 bits per heavy atom.